The molecule has 30 heavy (non-hydrogen) atoms. The number of furan rings is 1. The van der Waals surface area contributed by atoms with E-state index in [-0.39, 0.29) is 23.5 Å². The van der Waals surface area contributed by atoms with Gasteiger partial charge in [0.15, 0.2) is 4.90 Å². The second-order valence-electron chi connectivity index (χ2n) is 6.00. The number of carbonyl (C=O) groups is 1. The van der Waals surface area contributed by atoms with Crippen LogP contribution in [0.1, 0.15) is 16.1 Å². The summed E-state index contributed by atoms with van der Waals surface area (Å²) < 4.78 is 38.0. The summed E-state index contributed by atoms with van der Waals surface area (Å²) in [6, 6.07) is 12.6. The predicted molar refractivity (Wildman–Crippen MR) is 107 cm³/mol. The molecule has 0 saturated carbocycles. The summed E-state index contributed by atoms with van der Waals surface area (Å²) in [6.07, 6.45) is 1.46. The fourth-order valence-electron chi connectivity index (χ4n) is 2.64. The number of carbonyl (C=O) groups excluding carboxylic acids is 1. The van der Waals surface area contributed by atoms with Crippen molar-refractivity contribution in [3.8, 4) is 5.75 Å². The number of nitrogens with zero attached hydrogens (tertiary/aromatic N) is 1. The van der Waals surface area contributed by atoms with Crippen molar-refractivity contribution in [3.05, 3.63) is 82.3 Å². The van der Waals surface area contributed by atoms with Crippen LogP contribution in [-0.4, -0.2) is 26.4 Å². The number of hydrogen-bond acceptors (Lipinski definition) is 7. The second kappa shape index (κ2) is 8.66. The summed E-state index contributed by atoms with van der Waals surface area (Å²) in [5, 5.41) is 14.0. The van der Waals surface area contributed by atoms with Gasteiger partial charge in [0.05, 0.1) is 42.2 Å². The van der Waals surface area contributed by atoms with Gasteiger partial charge >= 0.3 is 0 Å². The van der Waals surface area contributed by atoms with Crippen LogP contribution in [0.4, 0.5) is 11.4 Å². The van der Waals surface area contributed by atoms with Crippen LogP contribution < -0.4 is 14.8 Å². The Balaban J connectivity index is 1.89. The van der Waals surface area contributed by atoms with Crippen molar-refractivity contribution < 1.29 is 27.3 Å². The molecule has 0 aliphatic rings. The van der Waals surface area contributed by atoms with Crippen LogP contribution >= 0.6 is 0 Å². The number of amides is 1. The van der Waals surface area contributed by atoms with Crippen LogP contribution in [0, 0.1) is 10.1 Å². The van der Waals surface area contributed by atoms with E-state index >= 15 is 0 Å². The Bertz CT molecular complexity index is 1170. The van der Waals surface area contributed by atoms with Crippen LogP contribution in [0.3, 0.4) is 0 Å². The second-order valence-corrected chi connectivity index (χ2v) is 7.65. The zero-order valence-corrected chi connectivity index (χ0v) is 16.5. The van der Waals surface area contributed by atoms with Crippen LogP contribution in [0.25, 0.3) is 0 Å². The molecule has 2 N–H and O–H groups in total. The number of methoxy groups -OCH3 is 1. The van der Waals surface area contributed by atoms with Gasteiger partial charge in [-0.2, -0.15) is 0 Å². The minimum atomic E-state index is -4.37. The third-order valence-electron chi connectivity index (χ3n) is 4.07. The number of sulfonamides is 1. The lowest BCUT2D eigenvalue weighted by atomic mass is 10.1. The topological polar surface area (TPSA) is 141 Å². The first-order chi connectivity index (χ1) is 14.3. The lowest BCUT2D eigenvalue weighted by Gasteiger charge is -2.13. The number of benzene rings is 2. The highest BCUT2D eigenvalue weighted by atomic mass is 32.2. The fourth-order valence-corrected chi connectivity index (χ4v) is 3.87. The number of nitro groups is 1. The van der Waals surface area contributed by atoms with Crippen molar-refractivity contribution in [1.29, 1.82) is 0 Å². The lowest BCUT2D eigenvalue weighted by Crippen LogP contribution is -2.25. The number of nitrogens with one attached hydrogen (secondary N) is 2. The van der Waals surface area contributed by atoms with Gasteiger partial charge in [0.25, 0.3) is 21.6 Å². The highest BCUT2D eigenvalue weighted by molar-refractivity contribution is 7.92. The Morgan fingerprint density at radius 2 is 1.93 bits per heavy atom. The lowest BCUT2D eigenvalue weighted by molar-refractivity contribution is -0.387. The van der Waals surface area contributed by atoms with Gasteiger partial charge in [0.2, 0.25) is 0 Å². The van der Waals surface area contributed by atoms with E-state index in [1.165, 1.54) is 37.6 Å². The largest absolute Gasteiger partial charge is 0.497 e. The first-order valence-electron chi connectivity index (χ1n) is 8.56. The van der Waals surface area contributed by atoms with Crippen LogP contribution in [0.15, 0.2) is 70.2 Å². The van der Waals surface area contributed by atoms with Crippen molar-refractivity contribution in [2.75, 3.05) is 11.8 Å². The van der Waals surface area contributed by atoms with Gasteiger partial charge in [-0.1, -0.05) is 12.1 Å². The van der Waals surface area contributed by atoms with Crippen LogP contribution in [-0.2, 0) is 16.6 Å². The van der Waals surface area contributed by atoms with Gasteiger partial charge < -0.3 is 14.5 Å². The standard InChI is InChI=1S/C19H17N3O7S/c1-28-13-8-9-18(17(11-13)22(24)25)30(26,27)21-16-7-3-2-6-15(16)19(23)20-12-14-5-4-10-29-14/h2-11,21H,12H2,1H3,(H,20,23). The molecule has 1 amide bonds. The smallest absolute Gasteiger partial charge is 0.293 e. The highest BCUT2D eigenvalue weighted by Gasteiger charge is 2.28. The fraction of sp³-hybridized carbons (Fsp3) is 0.105. The van der Waals surface area contributed by atoms with E-state index in [1.54, 1.807) is 18.2 Å². The van der Waals surface area contributed by atoms with E-state index in [9.17, 15) is 23.3 Å². The van der Waals surface area contributed by atoms with Crippen LogP contribution in [0.5, 0.6) is 5.75 Å². The summed E-state index contributed by atoms with van der Waals surface area (Å²) in [5.41, 5.74) is -0.634. The maximum absolute atomic E-state index is 12.8. The van der Waals surface area contributed by atoms with E-state index in [2.05, 4.69) is 10.0 Å². The normalized spacial score (nSPS) is 11.0. The maximum Gasteiger partial charge on any atom is 0.293 e. The molecule has 3 rings (SSSR count). The molecule has 0 unspecified atom stereocenters. The molecule has 0 aliphatic carbocycles. The third kappa shape index (κ3) is 4.58. The van der Waals surface area contributed by atoms with Crippen molar-refractivity contribution in [2.24, 2.45) is 0 Å². The molecule has 10 nitrogen and oxygen atoms in total. The zero-order chi connectivity index (χ0) is 21.7. The van der Waals surface area contributed by atoms with Gasteiger partial charge in [-0.25, -0.2) is 8.42 Å². The Morgan fingerprint density at radius 3 is 2.60 bits per heavy atom. The molecule has 0 bridgehead atoms. The summed E-state index contributed by atoms with van der Waals surface area (Å²) in [4.78, 5) is 22.5. The molecule has 11 heteroatoms. The molecule has 0 radical (unpaired) electrons. The number of hydrogen-bond donors (Lipinski definition) is 2. The van der Waals surface area contributed by atoms with Crippen LogP contribution in [0.2, 0.25) is 0 Å². The molecule has 0 atom stereocenters. The minimum Gasteiger partial charge on any atom is -0.497 e. The molecule has 1 heterocycles. The summed E-state index contributed by atoms with van der Waals surface area (Å²) in [7, 11) is -3.07. The van der Waals surface area contributed by atoms with E-state index in [0.29, 0.717) is 5.76 Å². The number of para-hydroxylation sites is 1. The molecule has 0 spiro atoms. The maximum atomic E-state index is 12.8. The van der Waals surface area contributed by atoms with E-state index in [1.807, 2.05) is 0 Å². The first kappa shape index (κ1) is 20.9. The molecular weight excluding hydrogens is 414 g/mol. The highest BCUT2D eigenvalue weighted by Crippen LogP contribution is 2.30. The van der Waals surface area contributed by atoms with Gasteiger partial charge in [0, 0.05) is 0 Å². The van der Waals surface area contributed by atoms with Crippen molar-refractivity contribution >= 4 is 27.3 Å². The van der Waals surface area contributed by atoms with Gasteiger partial charge in [-0.15, -0.1) is 0 Å². The SMILES string of the molecule is COc1ccc(S(=O)(=O)Nc2ccccc2C(=O)NCc2ccco2)c([N+](=O)[O-])c1. The summed E-state index contributed by atoms with van der Waals surface area (Å²) in [5.74, 6) is 0.113. The molecule has 2 aromatic carbocycles. The van der Waals surface area contributed by atoms with Crippen molar-refractivity contribution in [2.45, 2.75) is 11.4 Å². The molecule has 3 aromatic rings. The van der Waals surface area contributed by atoms with Gasteiger partial charge in [-0.05, 0) is 36.4 Å². The predicted octanol–water partition coefficient (Wildman–Crippen LogP) is 2.93. The third-order valence-corrected chi connectivity index (χ3v) is 5.48. The summed E-state index contributed by atoms with van der Waals surface area (Å²) >= 11 is 0. The van der Waals surface area contributed by atoms with E-state index in [0.717, 1.165) is 12.1 Å². The summed E-state index contributed by atoms with van der Waals surface area (Å²) in [6.45, 7) is 0.108. The molecule has 156 valence electrons. The van der Waals surface area contributed by atoms with Crippen molar-refractivity contribution in [3.63, 3.8) is 0 Å². The number of nitro benzene ring substituents is 1. The molecule has 0 saturated heterocycles. The zero-order valence-electron chi connectivity index (χ0n) is 15.7. The van der Waals surface area contributed by atoms with Gasteiger partial charge in [-0.3, -0.25) is 19.6 Å². The van der Waals surface area contributed by atoms with Gasteiger partial charge in [0.1, 0.15) is 11.5 Å². The first-order valence-corrected chi connectivity index (χ1v) is 10.0. The monoisotopic (exact) mass is 431 g/mol. The molecule has 0 fully saturated rings. The Morgan fingerprint density at radius 1 is 1.17 bits per heavy atom. The molecular formula is C19H17N3O7S. The average molecular weight is 431 g/mol. The number of anilines is 1. The minimum absolute atomic E-state index is 0.0282. The van der Waals surface area contributed by atoms with E-state index in [4.69, 9.17) is 9.15 Å². The van der Waals surface area contributed by atoms with Crippen molar-refractivity contribution in [1.82, 2.24) is 5.32 Å². The Kier molecular flexibility index (Phi) is 6.02. The number of rotatable bonds is 8. The average Bonchev–Trinajstić information content (AvgIpc) is 3.25. The number of ether oxygens (including phenoxy) is 1. The molecule has 1 aromatic heterocycles. The quantitative estimate of drug-likeness (QED) is 0.413. The van der Waals surface area contributed by atoms with E-state index < -0.39 is 31.4 Å². The molecule has 0 aliphatic heterocycles. The Labute approximate surface area is 171 Å². The Hall–Kier alpha value is -3.86.